The van der Waals surface area contributed by atoms with Crippen LogP contribution < -0.4 is 14.9 Å². The molecule has 128 valence electrons. The van der Waals surface area contributed by atoms with Gasteiger partial charge in [-0.15, -0.1) is 0 Å². The van der Waals surface area contributed by atoms with Gasteiger partial charge in [-0.05, 0) is 31.2 Å². The fourth-order valence-corrected chi connectivity index (χ4v) is 2.98. The van der Waals surface area contributed by atoms with Crippen LogP contribution in [0.1, 0.15) is 5.69 Å². The molecule has 3 aromatic rings. The quantitative estimate of drug-likeness (QED) is 0.755. The van der Waals surface area contributed by atoms with Crippen LogP contribution in [0.3, 0.4) is 0 Å². The van der Waals surface area contributed by atoms with E-state index in [-0.39, 0.29) is 17.3 Å². The molecule has 1 aromatic heterocycles. The molecule has 0 fully saturated rings. The molecule has 0 aliphatic carbocycles. The van der Waals surface area contributed by atoms with Gasteiger partial charge in [0.25, 0.3) is 0 Å². The van der Waals surface area contributed by atoms with E-state index in [1.165, 1.54) is 22.8 Å². The van der Waals surface area contributed by atoms with E-state index in [2.05, 4.69) is 5.32 Å². The molecule has 3 rings (SSSR count). The molecule has 7 heteroatoms. The number of aryl methyl sites for hydroxylation is 1. The molecule has 0 saturated heterocycles. The van der Waals surface area contributed by atoms with E-state index in [1.54, 1.807) is 42.6 Å². The molecule has 0 radical (unpaired) electrons. The zero-order chi connectivity index (χ0) is 17.8. The lowest BCUT2D eigenvalue weighted by Crippen LogP contribution is -2.25. The number of thiazole rings is 1. The first kappa shape index (κ1) is 16.9. The summed E-state index contributed by atoms with van der Waals surface area (Å²) in [5.74, 6) is -0.0485. The minimum absolute atomic E-state index is 0.0809. The number of nitrogens with zero attached hydrogens (tertiary/aromatic N) is 1. The van der Waals surface area contributed by atoms with Crippen molar-refractivity contribution < 1.29 is 13.9 Å². The number of nitrogens with one attached hydrogen (secondary N) is 1. The Morgan fingerprint density at radius 1 is 1.24 bits per heavy atom. The topological polar surface area (TPSA) is 60.3 Å². The van der Waals surface area contributed by atoms with Gasteiger partial charge in [-0.3, -0.25) is 14.2 Å². The fourth-order valence-electron chi connectivity index (χ4n) is 2.25. The Bertz CT molecular complexity index is 965. The summed E-state index contributed by atoms with van der Waals surface area (Å²) in [6.45, 7) is 1.69. The van der Waals surface area contributed by atoms with Crippen LogP contribution in [0.5, 0.6) is 11.5 Å². The monoisotopic (exact) mass is 358 g/mol. The van der Waals surface area contributed by atoms with Crippen LogP contribution in [0.15, 0.2) is 58.7 Å². The molecule has 1 heterocycles. The first-order chi connectivity index (χ1) is 12.0. The van der Waals surface area contributed by atoms with Crippen LogP contribution >= 0.6 is 11.3 Å². The Hall–Kier alpha value is -2.93. The lowest BCUT2D eigenvalue weighted by Gasteiger charge is -2.12. The number of rotatable bonds is 5. The van der Waals surface area contributed by atoms with Gasteiger partial charge in [0.2, 0.25) is 5.91 Å². The van der Waals surface area contributed by atoms with Crippen LogP contribution in [0.2, 0.25) is 0 Å². The summed E-state index contributed by atoms with van der Waals surface area (Å²) in [6.07, 6.45) is 0. The van der Waals surface area contributed by atoms with Gasteiger partial charge in [-0.2, -0.15) is 0 Å². The van der Waals surface area contributed by atoms with E-state index in [9.17, 15) is 14.0 Å². The van der Waals surface area contributed by atoms with Crippen molar-refractivity contribution in [3.05, 3.63) is 75.1 Å². The summed E-state index contributed by atoms with van der Waals surface area (Å²) >= 11 is 1.05. The van der Waals surface area contributed by atoms with Crippen LogP contribution in [-0.4, -0.2) is 10.5 Å². The number of aromatic nitrogens is 1. The Kier molecular flexibility index (Phi) is 4.95. The van der Waals surface area contributed by atoms with Crippen LogP contribution in [0, 0.1) is 12.7 Å². The molecular weight excluding hydrogens is 343 g/mol. The maximum Gasteiger partial charge on any atom is 0.307 e. The normalized spacial score (nSPS) is 10.5. The molecule has 2 aromatic carbocycles. The van der Waals surface area contributed by atoms with Gasteiger partial charge in [-0.1, -0.05) is 29.5 Å². The van der Waals surface area contributed by atoms with E-state index in [0.717, 1.165) is 17.0 Å². The molecule has 1 amide bonds. The molecule has 25 heavy (non-hydrogen) atoms. The molecule has 0 unspecified atom stereocenters. The highest BCUT2D eigenvalue weighted by Crippen LogP contribution is 2.29. The zero-order valence-corrected chi connectivity index (χ0v) is 14.2. The molecule has 0 aliphatic rings. The average Bonchev–Trinajstić information content (AvgIpc) is 2.89. The number of amides is 1. The summed E-state index contributed by atoms with van der Waals surface area (Å²) in [5, 5.41) is 4.43. The maximum atomic E-state index is 13.3. The van der Waals surface area contributed by atoms with Crippen molar-refractivity contribution in [3.63, 3.8) is 0 Å². The fraction of sp³-hybridized carbons (Fsp3) is 0.111. The van der Waals surface area contributed by atoms with Crippen molar-refractivity contribution in [1.82, 2.24) is 4.57 Å². The summed E-state index contributed by atoms with van der Waals surface area (Å²) in [5.41, 5.74) is 1.17. The molecule has 1 N–H and O–H groups in total. The highest BCUT2D eigenvalue weighted by atomic mass is 32.1. The predicted molar refractivity (Wildman–Crippen MR) is 94.9 cm³/mol. The number of para-hydroxylation sites is 2. The number of halogens is 1. The summed E-state index contributed by atoms with van der Waals surface area (Å²) < 4.78 is 20.3. The van der Waals surface area contributed by atoms with Crippen molar-refractivity contribution in [2.24, 2.45) is 0 Å². The molecule has 0 aliphatic heterocycles. The van der Waals surface area contributed by atoms with Gasteiger partial charge >= 0.3 is 4.87 Å². The highest BCUT2D eigenvalue weighted by molar-refractivity contribution is 7.07. The first-order valence-electron chi connectivity index (χ1n) is 7.50. The average molecular weight is 358 g/mol. The van der Waals surface area contributed by atoms with Crippen LogP contribution in [0.25, 0.3) is 0 Å². The summed E-state index contributed by atoms with van der Waals surface area (Å²) in [7, 11) is 0. The number of anilines is 1. The second-order valence-corrected chi connectivity index (χ2v) is 6.15. The van der Waals surface area contributed by atoms with E-state index in [0.29, 0.717) is 17.2 Å². The van der Waals surface area contributed by atoms with Crippen molar-refractivity contribution in [3.8, 4) is 11.5 Å². The third kappa shape index (κ3) is 4.13. The summed E-state index contributed by atoms with van der Waals surface area (Å²) in [4.78, 5) is 23.8. The molecule has 0 spiro atoms. The molecular formula is C18H15FN2O3S. The minimum atomic E-state index is -0.411. The van der Waals surface area contributed by atoms with Crippen molar-refractivity contribution >= 4 is 22.9 Å². The van der Waals surface area contributed by atoms with Gasteiger partial charge in [0.05, 0.1) is 5.69 Å². The Morgan fingerprint density at radius 3 is 2.76 bits per heavy atom. The lowest BCUT2D eigenvalue weighted by molar-refractivity contribution is -0.116. The van der Waals surface area contributed by atoms with Gasteiger partial charge < -0.3 is 10.1 Å². The van der Waals surface area contributed by atoms with Gasteiger partial charge in [0.15, 0.2) is 5.75 Å². The van der Waals surface area contributed by atoms with Gasteiger partial charge in [0, 0.05) is 17.1 Å². The third-order valence-corrected chi connectivity index (χ3v) is 4.34. The second kappa shape index (κ2) is 7.31. The van der Waals surface area contributed by atoms with Gasteiger partial charge in [0.1, 0.15) is 18.1 Å². The number of ether oxygens (including phenoxy) is 1. The molecule has 0 bridgehead atoms. The van der Waals surface area contributed by atoms with Crippen LogP contribution in [-0.2, 0) is 11.3 Å². The number of carbonyl (C=O) groups is 1. The van der Waals surface area contributed by atoms with Crippen LogP contribution in [0.4, 0.5) is 10.1 Å². The largest absolute Gasteiger partial charge is 0.455 e. The third-order valence-electron chi connectivity index (χ3n) is 3.46. The smallest absolute Gasteiger partial charge is 0.307 e. The van der Waals surface area contributed by atoms with Crippen molar-refractivity contribution in [2.45, 2.75) is 13.5 Å². The van der Waals surface area contributed by atoms with E-state index >= 15 is 0 Å². The summed E-state index contributed by atoms with van der Waals surface area (Å²) in [6, 6.07) is 12.6. The molecule has 0 atom stereocenters. The number of hydrogen-bond acceptors (Lipinski definition) is 4. The standard InChI is InChI=1S/C18H15FN2O3S/c1-12-11-25-18(23)21(12)10-17(22)20-15-7-2-3-8-16(15)24-14-6-4-5-13(19)9-14/h2-9,11H,10H2,1H3,(H,20,22). The van der Waals surface area contributed by atoms with Crippen molar-refractivity contribution in [1.29, 1.82) is 0 Å². The number of hydrogen-bond donors (Lipinski definition) is 1. The van der Waals surface area contributed by atoms with E-state index in [4.69, 9.17) is 4.74 Å². The number of carbonyl (C=O) groups excluding carboxylic acids is 1. The Morgan fingerprint density at radius 2 is 2.04 bits per heavy atom. The van der Waals surface area contributed by atoms with Gasteiger partial charge in [-0.25, -0.2) is 4.39 Å². The first-order valence-corrected chi connectivity index (χ1v) is 8.38. The molecule has 0 saturated carbocycles. The maximum absolute atomic E-state index is 13.3. The zero-order valence-electron chi connectivity index (χ0n) is 13.4. The SMILES string of the molecule is Cc1csc(=O)n1CC(=O)Nc1ccccc1Oc1cccc(F)c1. The Labute approximate surface area is 147 Å². The Balaban J connectivity index is 1.77. The lowest BCUT2D eigenvalue weighted by atomic mass is 10.2. The highest BCUT2D eigenvalue weighted by Gasteiger charge is 2.12. The van der Waals surface area contributed by atoms with E-state index in [1.807, 2.05) is 0 Å². The van der Waals surface area contributed by atoms with E-state index < -0.39 is 5.82 Å². The number of benzene rings is 2. The molecule has 5 nitrogen and oxygen atoms in total. The van der Waals surface area contributed by atoms with Crippen molar-refractivity contribution in [2.75, 3.05) is 5.32 Å². The predicted octanol–water partition coefficient (Wildman–Crippen LogP) is 3.79. The minimum Gasteiger partial charge on any atom is -0.455 e. The second-order valence-electron chi connectivity index (χ2n) is 5.33.